The van der Waals surface area contributed by atoms with Gasteiger partial charge in [-0.1, -0.05) is 0 Å². The number of rotatable bonds is 7. The molecule has 2 fully saturated rings. The molecular formula is C35H32F3N3O5. The zero-order valence-electron chi connectivity index (χ0n) is 24.9. The highest BCUT2D eigenvalue weighted by Crippen LogP contribution is 2.31. The Morgan fingerprint density at radius 3 is 2.04 bits per heavy atom. The van der Waals surface area contributed by atoms with Crippen molar-refractivity contribution in [2.24, 2.45) is 0 Å². The van der Waals surface area contributed by atoms with Crippen LogP contribution in [-0.2, 0) is 6.18 Å². The summed E-state index contributed by atoms with van der Waals surface area (Å²) in [6.07, 6.45) is -0.366. The van der Waals surface area contributed by atoms with Gasteiger partial charge in [0.15, 0.2) is 5.76 Å². The molecule has 4 aromatic rings. The molecule has 1 aliphatic heterocycles. The molecule has 1 saturated carbocycles. The van der Waals surface area contributed by atoms with E-state index in [1.807, 2.05) is 0 Å². The van der Waals surface area contributed by atoms with Crippen molar-refractivity contribution < 1.29 is 36.7 Å². The van der Waals surface area contributed by atoms with Crippen LogP contribution >= 0.6 is 0 Å². The molecule has 6 rings (SSSR count). The Labute approximate surface area is 263 Å². The van der Waals surface area contributed by atoms with E-state index in [2.05, 4.69) is 11.4 Å². The first kappa shape index (κ1) is 31.0. The second kappa shape index (κ2) is 13.2. The van der Waals surface area contributed by atoms with Gasteiger partial charge in [-0.25, -0.2) is 0 Å². The minimum Gasteiger partial charge on any atom is -0.490 e. The number of ether oxygens (including phenoxy) is 2. The molecule has 1 N–H and O–H groups in total. The Hall–Kier alpha value is -4.98. The fourth-order valence-corrected chi connectivity index (χ4v) is 5.94. The molecule has 0 atom stereocenters. The Kier molecular flexibility index (Phi) is 8.88. The lowest BCUT2D eigenvalue weighted by Crippen LogP contribution is -2.41. The molecule has 0 bridgehead atoms. The van der Waals surface area contributed by atoms with E-state index in [1.165, 1.54) is 12.1 Å². The summed E-state index contributed by atoms with van der Waals surface area (Å²) in [7, 11) is 0. The predicted octanol–water partition coefficient (Wildman–Crippen LogP) is 7.13. The van der Waals surface area contributed by atoms with Crippen LogP contribution in [0.3, 0.4) is 0 Å². The van der Waals surface area contributed by atoms with Gasteiger partial charge in [-0.2, -0.15) is 18.4 Å². The van der Waals surface area contributed by atoms with Crippen molar-refractivity contribution in [1.29, 1.82) is 5.26 Å². The van der Waals surface area contributed by atoms with Crippen molar-refractivity contribution in [3.8, 4) is 17.6 Å². The van der Waals surface area contributed by atoms with Crippen LogP contribution in [0.4, 0.5) is 13.2 Å². The van der Waals surface area contributed by atoms with Gasteiger partial charge in [0.05, 0.1) is 23.3 Å². The van der Waals surface area contributed by atoms with E-state index in [1.54, 1.807) is 53.4 Å². The van der Waals surface area contributed by atoms with Gasteiger partial charge < -0.3 is 24.1 Å². The average Bonchev–Trinajstić information content (AvgIpc) is 3.50. The van der Waals surface area contributed by atoms with E-state index in [0.717, 1.165) is 43.6 Å². The van der Waals surface area contributed by atoms with Gasteiger partial charge in [-0.05, 0) is 98.5 Å². The van der Waals surface area contributed by atoms with Crippen LogP contribution in [-0.4, -0.2) is 48.1 Å². The molecule has 2 amide bonds. The van der Waals surface area contributed by atoms with Crippen LogP contribution in [0.25, 0.3) is 11.0 Å². The molecule has 3 aromatic carbocycles. The number of likely N-dealkylation sites (tertiary alicyclic amines) is 1. The summed E-state index contributed by atoms with van der Waals surface area (Å²) in [6, 6.07) is 20.5. The minimum absolute atomic E-state index is 0.00942. The smallest absolute Gasteiger partial charge is 0.416 e. The first-order chi connectivity index (χ1) is 22.1. The summed E-state index contributed by atoms with van der Waals surface area (Å²) in [5.41, 5.74) is 0.832. The summed E-state index contributed by atoms with van der Waals surface area (Å²) >= 11 is 0. The monoisotopic (exact) mass is 631 g/mol. The lowest BCUT2D eigenvalue weighted by atomic mass is 9.93. The summed E-state index contributed by atoms with van der Waals surface area (Å²) in [5.74, 6) is 0.806. The van der Waals surface area contributed by atoms with Crippen molar-refractivity contribution in [2.75, 3.05) is 13.1 Å². The van der Waals surface area contributed by atoms with Crippen molar-refractivity contribution in [2.45, 2.75) is 63.0 Å². The minimum atomic E-state index is -4.40. The Bertz CT molecular complexity index is 1730. The molecular weight excluding hydrogens is 599 g/mol. The van der Waals surface area contributed by atoms with Gasteiger partial charge in [0.1, 0.15) is 23.2 Å². The number of nitrogens with one attached hydrogen (secondary N) is 1. The molecule has 0 unspecified atom stereocenters. The number of hydrogen-bond acceptors (Lipinski definition) is 6. The Balaban J connectivity index is 0.985. The van der Waals surface area contributed by atoms with Crippen molar-refractivity contribution in [1.82, 2.24) is 10.2 Å². The molecule has 0 spiro atoms. The largest absolute Gasteiger partial charge is 0.490 e. The Morgan fingerprint density at radius 1 is 0.826 bits per heavy atom. The standard InChI is InChI=1S/C35H32F3N3O5/c36-35(37,38)25-4-10-28(11-5-25)45-30-15-17-41(18-16-30)34(43)23-3-14-31-24(19-23)20-32(46-31)33(42)40-26-6-12-29(13-7-26)44-27-8-1-22(21-39)2-9-27/h1-5,8-11,14,19-20,26,29-30H,6-7,12-13,15-18H2,(H,40,42)/t26-,29+. The van der Waals surface area contributed by atoms with Crippen LogP contribution in [0.15, 0.2) is 77.2 Å². The van der Waals surface area contributed by atoms with E-state index in [9.17, 15) is 22.8 Å². The number of carbonyl (C=O) groups is 2. The highest BCUT2D eigenvalue weighted by atomic mass is 19.4. The van der Waals surface area contributed by atoms with Crippen LogP contribution in [0.5, 0.6) is 11.5 Å². The number of halogens is 3. The van der Waals surface area contributed by atoms with Crippen molar-refractivity contribution in [3.05, 3.63) is 95.2 Å². The maximum absolute atomic E-state index is 13.3. The van der Waals surface area contributed by atoms with Gasteiger partial charge >= 0.3 is 6.18 Å². The maximum atomic E-state index is 13.3. The third-order valence-corrected chi connectivity index (χ3v) is 8.50. The highest BCUT2D eigenvalue weighted by molar-refractivity contribution is 6.00. The molecule has 1 saturated heterocycles. The number of furan rings is 1. The van der Waals surface area contributed by atoms with E-state index >= 15 is 0 Å². The van der Waals surface area contributed by atoms with Gasteiger partial charge in [0.2, 0.25) is 0 Å². The summed E-state index contributed by atoms with van der Waals surface area (Å²) < 4.78 is 56.1. The zero-order valence-corrected chi connectivity index (χ0v) is 24.9. The normalized spacial score (nSPS) is 19.0. The van der Waals surface area contributed by atoms with Crippen LogP contribution in [0.1, 0.15) is 70.6 Å². The lowest BCUT2D eigenvalue weighted by Gasteiger charge is -2.32. The quantitative estimate of drug-likeness (QED) is 0.233. The van der Waals surface area contributed by atoms with Crippen LogP contribution in [0.2, 0.25) is 0 Å². The number of nitriles is 1. The molecule has 11 heteroatoms. The van der Waals surface area contributed by atoms with Crippen molar-refractivity contribution >= 4 is 22.8 Å². The van der Waals surface area contributed by atoms with E-state index < -0.39 is 11.7 Å². The van der Waals surface area contributed by atoms with Gasteiger partial charge in [0.25, 0.3) is 11.8 Å². The zero-order chi connectivity index (χ0) is 32.3. The first-order valence-corrected chi connectivity index (χ1v) is 15.3. The summed E-state index contributed by atoms with van der Waals surface area (Å²) in [4.78, 5) is 28.0. The molecule has 1 aliphatic carbocycles. The number of piperidine rings is 1. The predicted molar refractivity (Wildman–Crippen MR) is 163 cm³/mol. The second-order valence-corrected chi connectivity index (χ2v) is 11.7. The number of hydrogen-bond donors (Lipinski definition) is 1. The first-order valence-electron chi connectivity index (χ1n) is 15.3. The molecule has 238 valence electrons. The fourth-order valence-electron chi connectivity index (χ4n) is 5.94. The second-order valence-electron chi connectivity index (χ2n) is 11.7. The summed E-state index contributed by atoms with van der Waals surface area (Å²) in [5, 5.41) is 12.7. The number of fused-ring (bicyclic) bond motifs is 1. The molecule has 0 radical (unpaired) electrons. The molecule has 2 heterocycles. The third kappa shape index (κ3) is 7.28. The number of benzene rings is 3. The van der Waals surface area contributed by atoms with Crippen LogP contribution in [0, 0.1) is 11.3 Å². The molecule has 2 aliphatic rings. The summed E-state index contributed by atoms with van der Waals surface area (Å²) in [6.45, 7) is 0.893. The lowest BCUT2D eigenvalue weighted by molar-refractivity contribution is -0.137. The molecule has 1 aromatic heterocycles. The van der Waals surface area contributed by atoms with E-state index in [0.29, 0.717) is 53.8 Å². The van der Waals surface area contributed by atoms with Crippen molar-refractivity contribution in [3.63, 3.8) is 0 Å². The molecule has 8 nitrogen and oxygen atoms in total. The SMILES string of the molecule is N#Cc1ccc(O[C@H]2CC[C@@H](NC(=O)c3cc4cc(C(=O)N5CCC(Oc6ccc(C(F)(F)F)cc6)CC5)ccc4o3)CC2)cc1. The number of amides is 2. The average molecular weight is 632 g/mol. The van der Waals surface area contributed by atoms with Crippen LogP contribution < -0.4 is 14.8 Å². The fraction of sp³-hybridized carbons (Fsp3) is 0.343. The van der Waals surface area contributed by atoms with E-state index in [4.69, 9.17) is 19.2 Å². The highest BCUT2D eigenvalue weighted by Gasteiger charge is 2.31. The Morgan fingerprint density at radius 2 is 1.43 bits per heavy atom. The maximum Gasteiger partial charge on any atom is 0.416 e. The number of nitrogens with zero attached hydrogens (tertiary/aromatic N) is 2. The van der Waals surface area contributed by atoms with Gasteiger partial charge in [-0.3, -0.25) is 9.59 Å². The number of alkyl halides is 3. The third-order valence-electron chi connectivity index (χ3n) is 8.50. The topological polar surface area (TPSA) is 105 Å². The van der Waals surface area contributed by atoms with Gasteiger partial charge in [-0.15, -0.1) is 0 Å². The van der Waals surface area contributed by atoms with Gasteiger partial charge in [0, 0.05) is 42.9 Å². The molecule has 46 heavy (non-hydrogen) atoms. The number of carbonyl (C=O) groups excluding carboxylic acids is 2. The van der Waals surface area contributed by atoms with E-state index in [-0.39, 0.29) is 35.8 Å².